The molecule has 1 fully saturated rings. The molecular formula is C17H24N6OS. The molecule has 1 amide bonds. The number of benzene rings is 1. The third-order valence-electron chi connectivity index (χ3n) is 4.32. The summed E-state index contributed by atoms with van der Waals surface area (Å²) in [6, 6.07) is 9.47. The van der Waals surface area contributed by atoms with Gasteiger partial charge in [-0.25, -0.2) is 0 Å². The van der Waals surface area contributed by atoms with Crippen LogP contribution in [0.25, 0.3) is 0 Å². The lowest BCUT2D eigenvalue weighted by molar-refractivity contribution is -0.122. The monoisotopic (exact) mass is 360 g/mol. The Labute approximate surface area is 151 Å². The lowest BCUT2D eigenvalue weighted by atomic mass is 10.1. The Balaban J connectivity index is 1.68. The first-order chi connectivity index (χ1) is 12.1. The van der Waals surface area contributed by atoms with Crippen molar-refractivity contribution < 1.29 is 4.79 Å². The van der Waals surface area contributed by atoms with E-state index in [1.54, 1.807) is 0 Å². The van der Waals surface area contributed by atoms with Crippen LogP contribution < -0.4 is 11.1 Å². The molecule has 3 rings (SSSR count). The summed E-state index contributed by atoms with van der Waals surface area (Å²) in [7, 11) is 2.12. The second-order valence-corrected chi connectivity index (χ2v) is 7.36. The fourth-order valence-corrected chi connectivity index (χ4v) is 3.65. The molecule has 2 aromatic rings. The summed E-state index contributed by atoms with van der Waals surface area (Å²) in [5.41, 5.74) is 6.70. The summed E-state index contributed by atoms with van der Waals surface area (Å²) >= 11 is 1.30. The number of carbonyl (C=O) groups excluding carboxylic acids is 1. The number of rotatable bonds is 5. The maximum Gasteiger partial charge on any atom is 0.235 e. The van der Waals surface area contributed by atoms with E-state index in [1.807, 2.05) is 30.3 Å². The van der Waals surface area contributed by atoms with Gasteiger partial charge >= 0.3 is 0 Å². The molecule has 7 nitrogen and oxygen atoms in total. The summed E-state index contributed by atoms with van der Waals surface area (Å²) < 4.78 is 0. The average molecular weight is 360 g/mol. The van der Waals surface area contributed by atoms with E-state index in [-0.39, 0.29) is 11.9 Å². The topological polar surface area (TPSA) is 87.4 Å². The van der Waals surface area contributed by atoms with Gasteiger partial charge < -0.3 is 16.0 Å². The average Bonchev–Trinajstić information content (AvgIpc) is 2.93. The van der Waals surface area contributed by atoms with E-state index in [1.165, 1.54) is 11.3 Å². The zero-order valence-corrected chi connectivity index (χ0v) is 15.2. The molecule has 1 atom stereocenters. The molecule has 0 bridgehead atoms. The van der Waals surface area contributed by atoms with E-state index in [4.69, 9.17) is 5.73 Å². The first-order valence-corrected chi connectivity index (χ1v) is 9.27. The minimum Gasteiger partial charge on any atom is -0.374 e. The maximum atomic E-state index is 12.6. The van der Waals surface area contributed by atoms with Crippen molar-refractivity contribution in [2.45, 2.75) is 12.5 Å². The molecule has 1 aromatic carbocycles. The molecule has 8 heteroatoms. The lowest BCUT2D eigenvalue weighted by Gasteiger charge is -2.22. The number of nitrogens with zero attached hydrogens (tertiary/aromatic N) is 4. The van der Waals surface area contributed by atoms with Crippen molar-refractivity contribution in [3.8, 4) is 0 Å². The van der Waals surface area contributed by atoms with Crippen LogP contribution in [0.5, 0.6) is 0 Å². The van der Waals surface area contributed by atoms with Gasteiger partial charge in [-0.3, -0.25) is 9.69 Å². The second kappa shape index (κ2) is 8.37. The summed E-state index contributed by atoms with van der Waals surface area (Å²) in [6.07, 6.45) is 1.08. The predicted octanol–water partition coefficient (Wildman–Crippen LogP) is 0.963. The summed E-state index contributed by atoms with van der Waals surface area (Å²) in [4.78, 5) is 17.1. The van der Waals surface area contributed by atoms with Gasteiger partial charge in [0.25, 0.3) is 0 Å². The minimum atomic E-state index is -0.321. The molecule has 1 aliphatic rings. The smallest absolute Gasteiger partial charge is 0.235 e. The molecule has 25 heavy (non-hydrogen) atoms. The highest BCUT2D eigenvalue weighted by Gasteiger charge is 2.22. The molecule has 0 saturated carbocycles. The number of anilines is 1. The van der Waals surface area contributed by atoms with E-state index in [9.17, 15) is 4.79 Å². The number of amides is 1. The van der Waals surface area contributed by atoms with Crippen LogP contribution in [0.3, 0.4) is 0 Å². The van der Waals surface area contributed by atoms with Crippen LogP contribution in [0.4, 0.5) is 5.13 Å². The van der Waals surface area contributed by atoms with Crippen molar-refractivity contribution in [2.75, 3.05) is 45.5 Å². The van der Waals surface area contributed by atoms with Crippen molar-refractivity contribution >= 4 is 22.4 Å². The van der Waals surface area contributed by atoms with Gasteiger partial charge in [0, 0.05) is 13.1 Å². The minimum absolute atomic E-state index is 0.00724. The van der Waals surface area contributed by atoms with Gasteiger partial charge in [0.05, 0.1) is 6.54 Å². The van der Waals surface area contributed by atoms with Gasteiger partial charge in [0.2, 0.25) is 11.0 Å². The van der Waals surface area contributed by atoms with Gasteiger partial charge in [-0.05, 0) is 32.1 Å². The largest absolute Gasteiger partial charge is 0.374 e. The van der Waals surface area contributed by atoms with E-state index in [0.29, 0.717) is 16.7 Å². The summed E-state index contributed by atoms with van der Waals surface area (Å²) in [6.45, 7) is 4.31. The van der Waals surface area contributed by atoms with Crippen LogP contribution in [0.15, 0.2) is 30.3 Å². The Morgan fingerprint density at radius 3 is 2.76 bits per heavy atom. The number of carbonyl (C=O) groups is 1. The van der Waals surface area contributed by atoms with Crippen LogP contribution >= 0.6 is 11.3 Å². The molecule has 3 N–H and O–H groups in total. The highest BCUT2D eigenvalue weighted by Crippen LogP contribution is 2.25. The highest BCUT2D eigenvalue weighted by atomic mass is 32.1. The predicted molar refractivity (Wildman–Crippen MR) is 99.3 cm³/mol. The van der Waals surface area contributed by atoms with E-state index in [2.05, 4.69) is 32.4 Å². The number of aromatic nitrogens is 2. The quantitative estimate of drug-likeness (QED) is 0.826. The van der Waals surface area contributed by atoms with Gasteiger partial charge in [-0.15, -0.1) is 10.2 Å². The zero-order valence-electron chi connectivity index (χ0n) is 14.4. The second-order valence-electron chi connectivity index (χ2n) is 6.32. The fourth-order valence-electron chi connectivity index (χ4n) is 2.96. The molecular weight excluding hydrogens is 336 g/mol. The molecule has 0 unspecified atom stereocenters. The van der Waals surface area contributed by atoms with Crippen LogP contribution in [0, 0.1) is 0 Å². The van der Waals surface area contributed by atoms with E-state index >= 15 is 0 Å². The van der Waals surface area contributed by atoms with Crippen LogP contribution in [-0.2, 0) is 4.79 Å². The summed E-state index contributed by atoms with van der Waals surface area (Å²) in [5, 5.41) is 12.2. The Hall–Kier alpha value is -2.03. The fraction of sp³-hybridized carbons (Fsp3) is 0.471. The third kappa shape index (κ3) is 4.97. The van der Waals surface area contributed by atoms with E-state index in [0.717, 1.165) is 38.2 Å². The van der Waals surface area contributed by atoms with Crippen LogP contribution in [-0.4, -0.2) is 65.7 Å². The number of nitrogens with two attached hydrogens (primary N) is 1. The van der Waals surface area contributed by atoms with Gasteiger partial charge in [0.1, 0.15) is 11.0 Å². The van der Waals surface area contributed by atoms with Crippen molar-refractivity contribution in [1.82, 2.24) is 25.3 Å². The number of nitrogens with one attached hydrogen (secondary N) is 1. The van der Waals surface area contributed by atoms with Crippen molar-refractivity contribution in [3.63, 3.8) is 0 Å². The number of nitrogen functional groups attached to an aromatic ring is 1. The van der Waals surface area contributed by atoms with E-state index < -0.39 is 0 Å². The Morgan fingerprint density at radius 2 is 2.04 bits per heavy atom. The normalized spacial score (nSPS) is 17.8. The SMILES string of the molecule is CN1CCCN(CC(=O)N[C@@H](c2ccccc2)c2nnc(N)s2)CC1. The van der Waals surface area contributed by atoms with Gasteiger partial charge in [-0.1, -0.05) is 41.7 Å². The zero-order chi connectivity index (χ0) is 17.6. The first kappa shape index (κ1) is 17.8. The Morgan fingerprint density at radius 1 is 1.24 bits per heavy atom. The molecule has 1 aromatic heterocycles. The van der Waals surface area contributed by atoms with Crippen molar-refractivity contribution in [1.29, 1.82) is 0 Å². The number of hydrogen-bond donors (Lipinski definition) is 2. The third-order valence-corrected chi connectivity index (χ3v) is 5.14. The number of hydrogen-bond acceptors (Lipinski definition) is 7. The molecule has 2 heterocycles. The molecule has 1 aliphatic heterocycles. The van der Waals surface area contributed by atoms with Crippen molar-refractivity contribution in [3.05, 3.63) is 40.9 Å². The number of likely N-dealkylation sites (N-methyl/N-ethyl adjacent to an activating group) is 1. The maximum absolute atomic E-state index is 12.6. The summed E-state index contributed by atoms with van der Waals surface area (Å²) in [5.74, 6) is -0.00724. The molecule has 134 valence electrons. The first-order valence-electron chi connectivity index (χ1n) is 8.46. The highest BCUT2D eigenvalue weighted by molar-refractivity contribution is 7.15. The van der Waals surface area contributed by atoms with Crippen LogP contribution in [0.1, 0.15) is 23.0 Å². The van der Waals surface area contributed by atoms with Gasteiger partial charge in [-0.2, -0.15) is 0 Å². The standard InChI is InChI=1S/C17H24N6OS/c1-22-8-5-9-23(11-10-22)12-14(24)19-15(13-6-3-2-4-7-13)16-20-21-17(18)25-16/h2-4,6-7,15H,5,8-12H2,1H3,(H2,18,21)(H,19,24)/t15-/m0/s1. The Kier molecular flexibility index (Phi) is 5.95. The molecule has 0 radical (unpaired) electrons. The van der Waals surface area contributed by atoms with Crippen LogP contribution in [0.2, 0.25) is 0 Å². The molecule has 1 saturated heterocycles. The molecule has 0 spiro atoms. The molecule has 0 aliphatic carbocycles. The van der Waals surface area contributed by atoms with Crippen molar-refractivity contribution in [2.24, 2.45) is 0 Å². The Bertz CT molecular complexity index is 691. The van der Waals surface area contributed by atoms with Gasteiger partial charge in [0.15, 0.2) is 0 Å². The lowest BCUT2D eigenvalue weighted by Crippen LogP contribution is -2.40.